The number of nitrogens with one attached hydrogen (secondary N) is 1. The number of hydrogen-bond acceptors (Lipinski definition) is 3. The van der Waals surface area contributed by atoms with Crippen molar-refractivity contribution in [3.63, 3.8) is 0 Å². The number of nitrogens with zero attached hydrogens (tertiary/aromatic N) is 1. The Labute approximate surface area is 182 Å². The molecule has 1 aliphatic rings. The van der Waals surface area contributed by atoms with Gasteiger partial charge in [0.2, 0.25) is 5.91 Å². The van der Waals surface area contributed by atoms with E-state index in [-0.39, 0.29) is 17.9 Å². The van der Waals surface area contributed by atoms with Crippen LogP contribution in [0.15, 0.2) is 72.8 Å². The second-order valence-corrected chi connectivity index (χ2v) is 7.86. The van der Waals surface area contributed by atoms with E-state index < -0.39 is 0 Å². The summed E-state index contributed by atoms with van der Waals surface area (Å²) in [4.78, 5) is 27.4. The summed E-state index contributed by atoms with van der Waals surface area (Å²) in [6.07, 6.45) is 1.17. The average molecular weight is 415 g/mol. The monoisotopic (exact) mass is 414 g/mol. The average Bonchev–Trinajstić information content (AvgIpc) is 3.13. The molecule has 3 aromatic carbocycles. The summed E-state index contributed by atoms with van der Waals surface area (Å²) < 4.78 is 5.19. The van der Waals surface area contributed by atoms with Gasteiger partial charge in [0.15, 0.2) is 0 Å². The highest BCUT2D eigenvalue weighted by Crippen LogP contribution is 2.34. The van der Waals surface area contributed by atoms with Crippen molar-refractivity contribution in [1.82, 2.24) is 5.32 Å². The quantitative estimate of drug-likeness (QED) is 0.659. The molecule has 3 aromatic rings. The normalized spacial score (nSPS) is 14.8. The fourth-order valence-electron chi connectivity index (χ4n) is 3.99. The van der Waals surface area contributed by atoms with Crippen LogP contribution in [0.2, 0.25) is 0 Å². The standard InChI is InChI=1S/C26H26N2O3/c1-18-14-22-9-8-20(17-27-25(29)16-19-6-4-3-5-7-19)15-24(22)28(18)26(30)21-10-12-23(31-2)13-11-21/h3-13,15,18H,14,16-17H2,1-2H3,(H,27,29). The third kappa shape index (κ3) is 4.61. The topological polar surface area (TPSA) is 58.6 Å². The number of carbonyl (C=O) groups excluding carboxylic acids is 2. The molecule has 1 unspecified atom stereocenters. The van der Waals surface area contributed by atoms with Gasteiger partial charge in [-0.1, -0.05) is 42.5 Å². The third-order valence-electron chi connectivity index (χ3n) is 5.62. The number of benzene rings is 3. The maximum absolute atomic E-state index is 13.2. The van der Waals surface area contributed by atoms with Crippen molar-refractivity contribution >= 4 is 17.5 Å². The van der Waals surface area contributed by atoms with Gasteiger partial charge in [-0.15, -0.1) is 0 Å². The number of ether oxygens (including phenoxy) is 1. The van der Waals surface area contributed by atoms with Gasteiger partial charge >= 0.3 is 0 Å². The zero-order chi connectivity index (χ0) is 21.8. The van der Waals surface area contributed by atoms with Crippen LogP contribution < -0.4 is 15.0 Å². The van der Waals surface area contributed by atoms with Crippen LogP contribution >= 0.6 is 0 Å². The van der Waals surface area contributed by atoms with Crippen LogP contribution in [0.3, 0.4) is 0 Å². The van der Waals surface area contributed by atoms with E-state index in [2.05, 4.69) is 18.3 Å². The first-order valence-corrected chi connectivity index (χ1v) is 10.4. The second-order valence-electron chi connectivity index (χ2n) is 7.86. The lowest BCUT2D eigenvalue weighted by molar-refractivity contribution is -0.120. The lowest BCUT2D eigenvalue weighted by Crippen LogP contribution is -2.35. The van der Waals surface area contributed by atoms with Gasteiger partial charge in [0, 0.05) is 23.8 Å². The molecular weight excluding hydrogens is 388 g/mol. The molecule has 1 aliphatic heterocycles. The molecule has 0 saturated carbocycles. The number of carbonyl (C=O) groups is 2. The number of anilines is 1. The molecule has 0 fully saturated rings. The Morgan fingerprint density at radius 1 is 1.00 bits per heavy atom. The van der Waals surface area contributed by atoms with Gasteiger partial charge in [0.1, 0.15) is 5.75 Å². The Kier molecular flexibility index (Phi) is 6.03. The molecule has 4 rings (SSSR count). The molecule has 0 bridgehead atoms. The molecule has 0 spiro atoms. The summed E-state index contributed by atoms with van der Waals surface area (Å²) in [6.45, 7) is 2.49. The summed E-state index contributed by atoms with van der Waals surface area (Å²) >= 11 is 0. The number of hydrogen-bond donors (Lipinski definition) is 1. The van der Waals surface area contributed by atoms with Gasteiger partial charge in [0.25, 0.3) is 5.91 Å². The Bertz CT molecular complexity index is 1080. The van der Waals surface area contributed by atoms with Crippen molar-refractivity contribution in [3.8, 4) is 5.75 Å². The predicted molar refractivity (Wildman–Crippen MR) is 121 cm³/mol. The van der Waals surface area contributed by atoms with Crippen LogP contribution in [0.4, 0.5) is 5.69 Å². The molecule has 1 atom stereocenters. The van der Waals surface area contributed by atoms with Crippen LogP contribution in [0, 0.1) is 0 Å². The van der Waals surface area contributed by atoms with Crippen LogP contribution in [0.1, 0.15) is 34.0 Å². The molecule has 1 N–H and O–H groups in total. The predicted octanol–water partition coefficient (Wildman–Crippen LogP) is 4.15. The van der Waals surface area contributed by atoms with Gasteiger partial charge in [-0.3, -0.25) is 9.59 Å². The second kappa shape index (κ2) is 9.04. The summed E-state index contributed by atoms with van der Waals surface area (Å²) in [5, 5.41) is 2.98. The molecule has 31 heavy (non-hydrogen) atoms. The van der Waals surface area contributed by atoms with E-state index in [0.29, 0.717) is 18.5 Å². The minimum Gasteiger partial charge on any atom is -0.497 e. The fraction of sp³-hybridized carbons (Fsp3) is 0.231. The Morgan fingerprint density at radius 3 is 2.45 bits per heavy atom. The summed E-state index contributed by atoms with van der Waals surface area (Å²) in [5.74, 6) is 0.672. The molecule has 0 saturated heterocycles. The van der Waals surface area contributed by atoms with Gasteiger partial charge in [0.05, 0.1) is 13.5 Å². The third-order valence-corrected chi connectivity index (χ3v) is 5.62. The van der Waals surface area contributed by atoms with E-state index in [1.165, 1.54) is 0 Å². The molecule has 0 aromatic heterocycles. The van der Waals surface area contributed by atoms with Crippen LogP contribution in [0.5, 0.6) is 5.75 Å². The molecular formula is C26H26N2O3. The minimum absolute atomic E-state index is 0.0220. The van der Waals surface area contributed by atoms with E-state index in [4.69, 9.17) is 4.74 Å². The number of methoxy groups -OCH3 is 1. The summed E-state index contributed by atoms with van der Waals surface area (Å²) in [6, 6.07) is 23.0. The fourth-order valence-corrected chi connectivity index (χ4v) is 3.99. The van der Waals surface area contributed by atoms with Crippen LogP contribution in [-0.2, 0) is 24.2 Å². The molecule has 158 valence electrons. The zero-order valence-corrected chi connectivity index (χ0v) is 17.8. The van der Waals surface area contributed by atoms with Crippen molar-refractivity contribution in [1.29, 1.82) is 0 Å². The van der Waals surface area contributed by atoms with E-state index in [1.54, 1.807) is 31.4 Å². The molecule has 0 aliphatic carbocycles. The van der Waals surface area contributed by atoms with Crippen LogP contribution in [-0.4, -0.2) is 25.0 Å². The maximum Gasteiger partial charge on any atom is 0.258 e. The van der Waals surface area contributed by atoms with Crippen molar-refractivity contribution in [2.24, 2.45) is 0 Å². The highest BCUT2D eigenvalue weighted by atomic mass is 16.5. The van der Waals surface area contributed by atoms with Crippen LogP contribution in [0.25, 0.3) is 0 Å². The van der Waals surface area contributed by atoms with Gasteiger partial charge in [-0.25, -0.2) is 0 Å². The molecule has 5 heteroatoms. The van der Waals surface area contributed by atoms with Crippen molar-refractivity contribution in [2.75, 3.05) is 12.0 Å². The van der Waals surface area contributed by atoms with Gasteiger partial charge in [-0.2, -0.15) is 0 Å². The first kappa shape index (κ1) is 20.7. The first-order chi connectivity index (χ1) is 15.0. The Balaban J connectivity index is 1.47. The highest BCUT2D eigenvalue weighted by molar-refractivity contribution is 6.07. The van der Waals surface area contributed by atoms with E-state index in [1.807, 2.05) is 47.4 Å². The maximum atomic E-state index is 13.2. The highest BCUT2D eigenvalue weighted by Gasteiger charge is 2.31. The smallest absolute Gasteiger partial charge is 0.258 e. The molecule has 1 heterocycles. The number of rotatable bonds is 6. The molecule has 5 nitrogen and oxygen atoms in total. The molecule has 0 radical (unpaired) electrons. The van der Waals surface area contributed by atoms with Crippen molar-refractivity contribution in [3.05, 3.63) is 95.1 Å². The van der Waals surface area contributed by atoms with E-state index >= 15 is 0 Å². The van der Waals surface area contributed by atoms with Crippen molar-refractivity contribution < 1.29 is 14.3 Å². The number of fused-ring (bicyclic) bond motifs is 1. The summed E-state index contributed by atoms with van der Waals surface area (Å²) in [7, 11) is 1.61. The van der Waals surface area contributed by atoms with E-state index in [9.17, 15) is 9.59 Å². The SMILES string of the molecule is COc1ccc(C(=O)N2c3cc(CNC(=O)Cc4ccccc4)ccc3CC2C)cc1. The van der Waals surface area contributed by atoms with E-state index in [0.717, 1.165) is 34.5 Å². The lowest BCUT2D eigenvalue weighted by Gasteiger charge is -2.23. The minimum atomic E-state index is -0.0285. The lowest BCUT2D eigenvalue weighted by atomic mass is 10.1. The molecule has 2 amide bonds. The Hall–Kier alpha value is -3.60. The zero-order valence-electron chi connectivity index (χ0n) is 17.8. The largest absolute Gasteiger partial charge is 0.497 e. The van der Waals surface area contributed by atoms with Gasteiger partial charge < -0.3 is 15.0 Å². The Morgan fingerprint density at radius 2 is 1.74 bits per heavy atom. The number of amides is 2. The van der Waals surface area contributed by atoms with Gasteiger partial charge in [-0.05, 0) is 60.4 Å². The first-order valence-electron chi connectivity index (χ1n) is 10.4. The van der Waals surface area contributed by atoms with Crippen molar-refractivity contribution in [2.45, 2.75) is 32.4 Å². The summed E-state index contributed by atoms with van der Waals surface area (Å²) in [5.41, 5.74) is 4.65.